The highest BCUT2D eigenvalue weighted by Gasteiger charge is 2.33. The molecule has 2 aliphatic rings. The van der Waals surface area contributed by atoms with Crippen molar-refractivity contribution >= 4 is 17.6 Å². The molecule has 0 spiro atoms. The molecule has 1 atom stereocenters. The maximum atomic E-state index is 13.1. The number of benzene rings is 1. The number of likely N-dealkylation sites (tertiary alicyclic amines) is 1. The standard InChI is InChI=1S/C21H24FN5O4/c1-30-20-23-9-8-18(24-20)31-17-3-2-10-25(13-17)19(28)14-26-11-12-27(21(26)29)16-6-4-15(22)5-7-16/h4-9,17H,2-3,10-14H2,1H3. The fourth-order valence-corrected chi connectivity index (χ4v) is 3.77. The summed E-state index contributed by atoms with van der Waals surface area (Å²) in [6, 6.07) is 7.38. The van der Waals surface area contributed by atoms with E-state index in [0.29, 0.717) is 37.7 Å². The zero-order chi connectivity index (χ0) is 21.8. The minimum atomic E-state index is -0.357. The van der Waals surface area contributed by atoms with E-state index in [0.717, 1.165) is 12.8 Å². The van der Waals surface area contributed by atoms with E-state index in [1.807, 2.05) is 0 Å². The van der Waals surface area contributed by atoms with Crippen molar-refractivity contribution in [3.63, 3.8) is 0 Å². The van der Waals surface area contributed by atoms with Crippen molar-refractivity contribution in [2.24, 2.45) is 0 Å². The van der Waals surface area contributed by atoms with Gasteiger partial charge >= 0.3 is 12.0 Å². The molecule has 2 saturated heterocycles. The number of ether oxygens (including phenoxy) is 2. The molecule has 0 saturated carbocycles. The third-order valence-corrected chi connectivity index (χ3v) is 5.37. The van der Waals surface area contributed by atoms with Gasteiger partial charge in [-0.2, -0.15) is 4.98 Å². The van der Waals surface area contributed by atoms with E-state index in [4.69, 9.17) is 9.47 Å². The van der Waals surface area contributed by atoms with Crippen LogP contribution in [0.4, 0.5) is 14.9 Å². The molecule has 3 heterocycles. The Kier molecular flexibility index (Phi) is 6.15. The van der Waals surface area contributed by atoms with Gasteiger partial charge in [0.1, 0.15) is 18.5 Å². The van der Waals surface area contributed by atoms with Gasteiger partial charge in [0.15, 0.2) is 0 Å². The first-order chi connectivity index (χ1) is 15.0. The average molecular weight is 429 g/mol. The Balaban J connectivity index is 1.33. The summed E-state index contributed by atoms with van der Waals surface area (Å²) in [5.74, 6) is -0.0802. The van der Waals surface area contributed by atoms with Gasteiger partial charge in [0.2, 0.25) is 11.8 Å². The summed E-state index contributed by atoms with van der Waals surface area (Å²) < 4.78 is 24.1. The number of aromatic nitrogens is 2. The third kappa shape index (κ3) is 4.84. The van der Waals surface area contributed by atoms with Crippen molar-refractivity contribution < 1.29 is 23.5 Å². The second kappa shape index (κ2) is 9.15. The van der Waals surface area contributed by atoms with E-state index < -0.39 is 0 Å². The second-order valence-corrected chi connectivity index (χ2v) is 7.44. The first kappa shape index (κ1) is 20.8. The number of anilines is 1. The normalized spacial score (nSPS) is 19.0. The van der Waals surface area contributed by atoms with Gasteiger partial charge in [0.25, 0.3) is 0 Å². The summed E-state index contributed by atoms with van der Waals surface area (Å²) in [7, 11) is 1.48. The lowest BCUT2D eigenvalue weighted by Gasteiger charge is -2.33. The summed E-state index contributed by atoms with van der Waals surface area (Å²) in [4.78, 5) is 38.5. The highest BCUT2D eigenvalue weighted by atomic mass is 19.1. The van der Waals surface area contributed by atoms with Gasteiger partial charge in [0.05, 0.1) is 13.7 Å². The van der Waals surface area contributed by atoms with Crippen LogP contribution >= 0.6 is 0 Å². The molecule has 4 rings (SSSR count). The number of nitrogens with zero attached hydrogens (tertiary/aromatic N) is 5. The van der Waals surface area contributed by atoms with Gasteiger partial charge in [-0.25, -0.2) is 14.2 Å². The largest absolute Gasteiger partial charge is 0.472 e. The number of carbonyl (C=O) groups excluding carboxylic acids is 2. The smallest absolute Gasteiger partial charge is 0.325 e. The predicted molar refractivity (Wildman–Crippen MR) is 110 cm³/mol. The molecule has 3 amide bonds. The molecule has 0 bridgehead atoms. The van der Waals surface area contributed by atoms with Gasteiger partial charge in [0, 0.05) is 37.6 Å². The number of urea groups is 1. The van der Waals surface area contributed by atoms with E-state index in [2.05, 4.69) is 9.97 Å². The number of halogens is 1. The molecular weight excluding hydrogens is 405 g/mol. The Morgan fingerprint density at radius 2 is 2.00 bits per heavy atom. The lowest BCUT2D eigenvalue weighted by molar-refractivity contribution is -0.134. The van der Waals surface area contributed by atoms with Crippen molar-refractivity contribution in [1.82, 2.24) is 19.8 Å². The molecule has 9 nitrogen and oxygen atoms in total. The van der Waals surface area contributed by atoms with Crippen LogP contribution in [-0.2, 0) is 4.79 Å². The zero-order valence-corrected chi connectivity index (χ0v) is 17.2. The van der Waals surface area contributed by atoms with E-state index >= 15 is 0 Å². The molecule has 31 heavy (non-hydrogen) atoms. The molecule has 1 aromatic heterocycles. The van der Waals surface area contributed by atoms with Crippen LogP contribution in [0, 0.1) is 5.82 Å². The quantitative estimate of drug-likeness (QED) is 0.697. The van der Waals surface area contributed by atoms with Crippen molar-refractivity contribution in [3.05, 3.63) is 42.3 Å². The van der Waals surface area contributed by atoms with E-state index in [1.165, 1.54) is 24.1 Å². The molecular formula is C21H24FN5O4. The molecule has 10 heteroatoms. The molecule has 164 valence electrons. The maximum Gasteiger partial charge on any atom is 0.325 e. The van der Waals surface area contributed by atoms with Crippen LogP contribution in [0.1, 0.15) is 12.8 Å². The first-order valence-corrected chi connectivity index (χ1v) is 10.2. The SMILES string of the molecule is COc1nccc(OC2CCCN(C(=O)CN3CCN(c4ccc(F)cc4)C3=O)C2)n1. The van der Waals surface area contributed by atoms with Crippen LogP contribution in [0.5, 0.6) is 11.9 Å². The first-order valence-electron chi connectivity index (χ1n) is 10.2. The van der Waals surface area contributed by atoms with Crippen LogP contribution in [0.15, 0.2) is 36.5 Å². The maximum absolute atomic E-state index is 13.1. The van der Waals surface area contributed by atoms with Crippen molar-refractivity contribution in [2.45, 2.75) is 18.9 Å². The Labute approximate surface area is 179 Å². The van der Waals surface area contributed by atoms with Gasteiger partial charge in [-0.1, -0.05) is 0 Å². The highest BCUT2D eigenvalue weighted by molar-refractivity contribution is 5.96. The number of methoxy groups -OCH3 is 1. The Hall–Kier alpha value is -3.43. The number of hydrogen-bond acceptors (Lipinski definition) is 6. The van der Waals surface area contributed by atoms with Gasteiger partial charge < -0.3 is 19.3 Å². The van der Waals surface area contributed by atoms with Crippen molar-refractivity contribution in [2.75, 3.05) is 44.7 Å². The summed E-state index contributed by atoms with van der Waals surface area (Å²) in [6.45, 7) is 1.95. The number of hydrogen-bond donors (Lipinski definition) is 0. The summed E-state index contributed by atoms with van der Waals surface area (Å²) in [5, 5.41) is 0. The lowest BCUT2D eigenvalue weighted by atomic mass is 10.1. The predicted octanol–water partition coefficient (Wildman–Crippen LogP) is 1.94. The molecule has 1 aromatic carbocycles. The van der Waals surface area contributed by atoms with Gasteiger partial charge in [-0.15, -0.1) is 0 Å². The number of amides is 3. The van der Waals surface area contributed by atoms with Gasteiger partial charge in [-0.05, 0) is 37.1 Å². The molecule has 2 aromatic rings. The number of rotatable bonds is 6. The monoisotopic (exact) mass is 429 g/mol. The number of carbonyl (C=O) groups is 2. The summed E-state index contributed by atoms with van der Waals surface area (Å²) in [6.07, 6.45) is 2.96. The molecule has 2 aliphatic heterocycles. The number of piperidine rings is 1. The molecule has 2 fully saturated rings. The molecule has 0 radical (unpaired) electrons. The second-order valence-electron chi connectivity index (χ2n) is 7.44. The summed E-state index contributed by atoms with van der Waals surface area (Å²) in [5.41, 5.74) is 0.619. The highest BCUT2D eigenvalue weighted by Crippen LogP contribution is 2.22. The molecule has 0 N–H and O–H groups in total. The minimum absolute atomic E-state index is 0.00454. The zero-order valence-electron chi connectivity index (χ0n) is 17.2. The third-order valence-electron chi connectivity index (χ3n) is 5.37. The Morgan fingerprint density at radius 1 is 1.19 bits per heavy atom. The van der Waals surface area contributed by atoms with E-state index in [-0.39, 0.29) is 36.4 Å². The Bertz CT molecular complexity index is 942. The van der Waals surface area contributed by atoms with E-state index in [9.17, 15) is 14.0 Å². The van der Waals surface area contributed by atoms with E-state index in [1.54, 1.807) is 34.2 Å². The van der Waals surface area contributed by atoms with Crippen LogP contribution < -0.4 is 14.4 Å². The van der Waals surface area contributed by atoms with Crippen LogP contribution in [0.2, 0.25) is 0 Å². The summed E-state index contributed by atoms with van der Waals surface area (Å²) >= 11 is 0. The van der Waals surface area contributed by atoms with Crippen molar-refractivity contribution in [1.29, 1.82) is 0 Å². The van der Waals surface area contributed by atoms with Crippen LogP contribution in [-0.4, -0.2) is 77.6 Å². The lowest BCUT2D eigenvalue weighted by Crippen LogP contribution is -2.48. The Morgan fingerprint density at radius 3 is 2.77 bits per heavy atom. The fourth-order valence-electron chi connectivity index (χ4n) is 3.77. The van der Waals surface area contributed by atoms with Crippen LogP contribution in [0.25, 0.3) is 0 Å². The average Bonchev–Trinajstić information content (AvgIpc) is 3.14. The topological polar surface area (TPSA) is 88.1 Å². The fraction of sp³-hybridized carbons (Fsp3) is 0.429. The minimum Gasteiger partial charge on any atom is -0.472 e. The van der Waals surface area contributed by atoms with Gasteiger partial charge in [-0.3, -0.25) is 9.69 Å². The molecule has 1 unspecified atom stereocenters. The van der Waals surface area contributed by atoms with Crippen LogP contribution in [0.3, 0.4) is 0 Å². The molecule has 0 aliphatic carbocycles. The van der Waals surface area contributed by atoms with Crippen molar-refractivity contribution in [3.8, 4) is 11.9 Å².